The lowest BCUT2D eigenvalue weighted by molar-refractivity contribution is 0.320. The van der Waals surface area contributed by atoms with Gasteiger partial charge in [-0.05, 0) is 37.1 Å². The van der Waals surface area contributed by atoms with Crippen LogP contribution < -0.4 is 20.1 Å². The first-order valence-electron chi connectivity index (χ1n) is 9.37. The zero-order chi connectivity index (χ0) is 19.5. The zero-order valence-electron chi connectivity index (χ0n) is 17.0. The van der Waals surface area contributed by atoms with Gasteiger partial charge in [-0.3, -0.25) is 4.99 Å². The number of hydrogen-bond acceptors (Lipinski definition) is 5. The number of halogens is 1. The van der Waals surface area contributed by atoms with Crippen LogP contribution in [0.4, 0.5) is 0 Å². The van der Waals surface area contributed by atoms with Gasteiger partial charge in [0.15, 0.2) is 11.7 Å². The normalized spacial score (nSPS) is 11.1. The van der Waals surface area contributed by atoms with Crippen LogP contribution in [0.2, 0.25) is 0 Å². The molecule has 0 atom stereocenters. The topological polar surface area (TPSA) is 80.9 Å². The fourth-order valence-electron chi connectivity index (χ4n) is 2.71. The summed E-state index contributed by atoms with van der Waals surface area (Å²) in [6, 6.07) is 9.53. The van der Waals surface area contributed by atoms with Gasteiger partial charge in [0.2, 0.25) is 0 Å². The molecule has 0 aliphatic rings. The molecule has 2 aromatic rings. The lowest BCUT2D eigenvalue weighted by Gasteiger charge is -2.11. The molecule has 0 aliphatic heterocycles. The van der Waals surface area contributed by atoms with E-state index in [1.807, 2.05) is 30.3 Å². The van der Waals surface area contributed by atoms with E-state index in [0.717, 1.165) is 35.8 Å². The molecule has 0 unspecified atom stereocenters. The van der Waals surface area contributed by atoms with Gasteiger partial charge in [0.05, 0.1) is 25.9 Å². The predicted octanol–water partition coefficient (Wildman–Crippen LogP) is 3.95. The molecule has 0 saturated carbocycles. The van der Waals surface area contributed by atoms with Crippen molar-refractivity contribution in [3.8, 4) is 11.5 Å². The Bertz CT molecular complexity index is 700. The van der Waals surface area contributed by atoms with E-state index in [-0.39, 0.29) is 24.0 Å². The highest BCUT2D eigenvalue weighted by Crippen LogP contribution is 2.22. The first-order valence-corrected chi connectivity index (χ1v) is 9.37. The van der Waals surface area contributed by atoms with Crippen LogP contribution in [0.1, 0.15) is 44.1 Å². The lowest BCUT2D eigenvalue weighted by atomic mass is 9.99. The standard InChI is InChI=1S/C20H30N4O3.HI/c1-5-15(6-2)19-13-18(27-24-19)14-23-20(21-3)22-11-12-26-17-9-7-16(25-4)8-10-17;/h7-10,13,15H,5-6,11-12,14H2,1-4H3,(H2,21,22,23);1H. The summed E-state index contributed by atoms with van der Waals surface area (Å²) in [6.07, 6.45) is 2.13. The van der Waals surface area contributed by atoms with Crippen molar-refractivity contribution in [1.82, 2.24) is 15.8 Å². The number of nitrogens with zero attached hydrogens (tertiary/aromatic N) is 2. The molecule has 0 fully saturated rings. The molecule has 8 heteroatoms. The van der Waals surface area contributed by atoms with E-state index in [4.69, 9.17) is 14.0 Å². The molecular formula is C20H31IN4O3. The van der Waals surface area contributed by atoms with Crippen molar-refractivity contribution in [2.75, 3.05) is 27.3 Å². The summed E-state index contributed by atoms with van der Waals surface area (Å²) in [5.41, 5.74) is 1.02. The smallest absolute Gasteiger partial charge is 0.191 e. The molecule has 2 N–H and O–H groups in total. The lowest BCUT2D eigenvalue weighted by Crippen LogP contribution is -2.38. The maximum atomic E-state index is 5.69. The number of benzene rings is 1. The summed E-state index contributed by atoms with van der Waals surface area (Å²) in [7, 11) is 3.37. The SMILES string of the molecule is CCC(CC)c1cc(CNC(=NC)NCCOc2ccc(OC)cc2)on1.I. The second-order valence-electron chi connectivity index (χ2n) is 6.11. The third-order valence-corrected chi connectivity index (χ3v) is 4.36. The highest BCUT2D eigenvalue weighted by Gasteiger charge is 2.13. The number of methoxy groups -OCH3 is 1. The third-order valence-electron chi connectivity index (χ3n) is 4.36. The largest absolute Gasteiger partial charge is 0.497 e. The average molecular weight is 502 g/mol. The Kier molecular flexibility index (Phi) is 11.4. The fraction of sp³-hybridized carbons (Fsp3) is 0.500. The minimum Gasteiger partial charge on any atom is -0.497 e. The van der Waals surface area contributed by atoms with Crippen molar-refractivity contribution in [2.24, 2.45) is 4.99 Å². The van der Waals surface area contributed by atoms with Crippen LogP contribution in [0.5, 0.6) is 11.5 Å². The Morgan fingerprint density at radius 2 is 1.82 bits per heavy atom. The van der Waals surface area contributed by atoms with Crippen LogP contribution in [0, 0.1) is 0 Å². The Hall–Kier alpha value is -1.97. The Morgan fingerprint density at radius 1 is 1.14 bits per heavy atom. The van der Waals surface area contributed by atoms with E-state index in [9.17, 15) is 0 Å². The molecule has 0 spiro atoms. The molecule has 7 nitrogen and oxygen atoms in total. The molecule has 0 amide bonds. The Labute approximate surface area is 184 Å². The average Bonchev–Trinajstić information content (AvgIpc) is 3.17. The molecule has 1 heterocycles. The van der Waals surface area contributed by atoms with Gasteiger partial charge >= 0.3 is 0 Å². The minimum atomic E-state index is 0. The summed E-state index contributed by atoms with van der Waals surface area (Å²) >= 11 is 0. The van der Waals surface area contributed by atoms with Gasteiger partial charge in [-0.2, -0.15) is 0 Å². The van der Waals surface area contributed by atoms with Crippen molar-refractivity contribution in [3.63, 3.8) is 0 Å². The quantitative estimate of drug-likeness (QED) is 0.222. The van der Waals surface area contributed by atoms with Crippen molar-refractivity contribution >= 4 is 29.9 Å². The number of aliphatic imine (C=N–C) groups is 1. The van der Waals surface area contributed by atoms with E-state index < -0.39 is 0 Å². The van der Waals surface area contributed by atoms with Crippen LogP contribution in [0.3, 0.4) is 0 Å². The molecule has 0 bridgehead atoms. The van der Waals surface area contributed by atoms with Gasteiger partial charge in [-0.1, -0.05) is 19.0 Å². The van der Waals surface area contributed by atoms with E-state index in [0.29, 0.717) is 31.6 Å². The molecule has 0 radical (unpaired) electrons. The molecule has 156 valence electrons. The molecule has 1 aromatic heterocycles. The van der Waals surface area contributed by atoms with Crippen LogP contribution in [-0.2, 0) is 6.54 Å². The van der Waals surface area contributed by atoms with Gasteiger partial charge in [-0.15, -0.1) is 24.0 Å². The summed E-state index contributed by atoms with van der Waals surface area (Å²) in [5, 5.41) is 10.6. The van der Waals surface area contributed by atoms with Crippen molar-refractivity contribution in [3.05, 3.63) is 41.8 Å². The second kappa shape index (κ2) is 13.2. The Morgan fingerprint density at radius 3 is 2.43 bits per heavy atom. The van der Waals surface area contributed by atoms with Crippen LogP contribution in [-0.4, -0.2) is 38.4 Å². The van der Waals surface area contributed by atoms with Crippen LogP contribution >= 0.6 is 24.0 Å². The maximum absolute atomic E-state index is 5.69. The van der Waals surface area contributed by atoms with Crippen molar-refractivity contribution in [1.29, 1.82) is 0 Å². The van der Waals surface area contributed by atoms with Gasteiger partial charge in [0, 0.05) is 19.0 Å². The number of ether oxygens (including phenoxy) is 2. The third kappa shape index (κ3) is 7.57. The van der Waals surface area contributed by atoms with Crippen molar-refractivity contribution in [2.45, 2.75) is 39.2 Å². The van der Waals surface area contributed by atoms with E-state index >= 15 is 0 Å². The molecule has 28 heavy (non-hydrogen) atoms. The summed E-state index contributed by atoms with van der Waals surface area (Å²) in [6.45, 7) is 6.02. The van der Waals surface area contributed by atoms with Crippen LogP contribution in [0.15, 0.2) is 39.8 Å². The summed E-state index contributed by atoms with van der Waals surface area (Å²) in [5.74, 6) is 3.55. The number of aromatic nitrogens is 1. The van der Waals surface area contributed by atoms with Crippen LogP contribution in [0.25, 0.3) is 0 Å². The molecule has 0 aliphatic carbocycles. The molecule has 0 saturated heterocycles. The van der Waals surface area contributed by atoms with Gasteiger partial charge in [0.25, 0.3) is 0 Å². The van der Waals surface area contributed by atoms with E-state index in [2.05, 4.69) is 34.6 Å². The van der Waals surface area contributed by atoms with Gasteiger partial charge < -0.3 is 24.6 Å². The number of hydrogen-bond donors (Lipinski definition) is 2. The van der Waals surface area contributed by atoms with E-state index in [1.165, 1.54) is 0 Å². The zero-order valence-corrected chi connectivity index (χ0v) is 19.4. The van der Waals surface area contributed by atoms with E-state index in [1.54, 1.807) is 14.2 Å². The molecular weight excluding hydrogens is 471 g/mol. The first-order chi connectivity index (χ1) is 13.2. The maximum Gasteiger partial charge on any atom is 0.191 e. The van der Waals surface area contributed by atoms with Gasteiger partial charge in [-0.25, -0.2) is 0 Å². The summed E-state index contributed by atoms with van der Waals surface area (Å²) in [4.78, 5) is 4.20. The second-order valence-corrected chi connectivity index (χ2v) is 6.11. The fourth-order valence-corrected chi connectivity index (χ4v) is 2.71. The predicted molar refractivity (Wildman–Crippen MR) is 122 cm³/mol. The molecule has 2 rings (SSSR count). The number of guanidine groups is 1. The molecule has 1 aromatic carbocycles. The number of nitrogens with one attached hydrogen (secondary N) is 2. The first kappa shape index (κ1) is 24.1. The summed E-state index contributed by atoms with van der Waals surface area (Å²) < 4.78 is 16.2. The highest BCUT2D eigenvalue weighted by molar-refractivity contribution is 14.0. The van der Waals surface area contributed by atoms with Gasteiger partial charge in [0.1, 0.15) is 18.1 Å². The highest BCUT2D eigenvalue weighted by atomic mass is 127. The van der Waals surface area contributed by atoms with Crippen molar-refractivity contribution < 1.29 is 14.0 Å². The number of rotatable bonds is 10. The monoisotopic (exact) mass is 502 g/mol. The minimum absolute atomic E-state index is 0. The Balaban J connectivity index is 0.00000392.